The van der Waals surface area contributed by atoms with Crippen LogP contribution in [0.1, 0.15) is 26.0 Å². The summed E-state index contributed by atoms with van der Waals surface area (Å²) in [7, 11) is 0. The summed E-state index contributed by atoms with van der Waals surface area (Å²) in [5.74, 6) is 0.177. The SMILES string of the molecule is CCC(C)(O)c1cc2cc(F)ccc2o1. The molecule has 0 spiro atoms. The first kappa shape index (κ1) is 10.2. The van der Waals surface area contributed by atoms with Gasteiger partial charge in [-0.2, -0.15) is 0 Å². The zero-order chi connectivity index (χ0) is 11.1. The normalized spacial score (nSPS) is 15.5. The van der Waals surface area contributed by atoms with Crippen LogP contribution in [0, 0.1) is 5.82 Å². The highest BCUT2D eigenvalue weighted by Gasteiger charge is 2.24. The first-order chi connectivity index (χ1) is 7.03. The summed E-state index contributed by atoms with van der Waals surface area (Å²) in [6, 6.07) is 5.99. The quantitative estimate of drug-likeness (QED) is 0.822. The van der Waals surface area contributed by atoms with Crippen molar-refractivity contribution in [3.8, 4) is 0 Å². The maximum Gasteiger partial charge on any atom is 0.136 e. The Bertz CT molecular complexity index is 485. The van der Waals surface area contributed by atoms with E-state index in [4.69, 9.17) is 4.42 Å². The molecular weight excluding hydrogens is 195 g/mol. The molecule has 80 valence electrons. The van der Waals surface area contributed by atoms with Crippen LogP contribution in [-0.2, 0) is 5.60 Å². The fraction of sp³-hybridized carbons (Fsp3) is 0.333. The van der Waals surface area contributed by atoms with Crippen LogP contribution in [0.2, 0.25) is 0 Å². The molecule has 0 saturated carbocycles. The van der Waals surface area contributed by atoms with Gasteiger partial charge in [-0.1, -0.05) is 6.92 Å². The molecule has 1 atom stereocenters. The minimum atomic E-state index is -0.991. The molecule has 3 heteroatoms. The second kappa shape index (κ2) is 3.35. The largest absolute Gasteiger partial charge is 0.458 e. The van der Waals surface area contributed by atoms with Gasteiger partial charge in [-0.3, -0.25) is 0 Å². The maximum atomic E-state index is 12.9. The smallest absolute Gasteiger partial charge is 0.136 e. The van der Waals surface area contributed by atoms with E-state index in [9.17, 15) is 9.50 Å². The van der Waals surface area contributed by atoms with Crippen LogP contribution in [0.25, 0.3) is 11.0 Å². The first-order valence-electron chi connectivity index (χ1n) is 4.95. The molecule has 1 aromatic heterocycles. The molecule has 0 aliphatic heterocycles. The van der Waals surface area contributed by atoms with E-state index in [1.807, 2.05) is 6.92 Å². The van der Waals surface area contributed by atoms with Crippen molar-refractivity contribution in [3.05, 3.63) is 35.8 Å². The average Bonchev–Trinajstić information content (AvgIpc) is 2.61. The van der Waals surface area contributed by atoms with Gasteiger partial charge in [0.15, 0.2) is 0 Å². The van der Waals surface area contributed by atoms with Crippen molar-refractivity contribution in [2.45, 2.75) is 25.9 Å². The van der Waals surface area contributed by atoms with Crippen LogP contribution in [0.5, 0.6) is 0 Å². The van der Waals surface area contributed by atoms with Crippen molar-refractivity contribution >= 4 is 11.0 Å². The Balaban J connectivity index is 2.56. The van der Waals surface area contributed by atoms with Crippen molar-refractivity contribution < 1.29 is 13.9 Å². The van der Waals surface area contributed by atoms with Gasteiger partial charge in [0.05, 0.1) is 0 Å². The molecule has 2 nitrogen and oxygen atoms in total. The van der Waals surface area contributed by atoms with Crippen LogP contribution < -0.4 is 0 Å². The molecule has 0 fully saturated rings. The third kappa shape index (κ3) is 1.75. The van der Waals surface area contributed by atoms with E-state index in [0.29, 0.717) is 23.2 Å². The molecule has 15 heavy (non-hydrogen) atoms. The van der Waals surface area contributed by atoms with E-state index < -0.39 is 5.60 Å². The molecule has 2 aromatic rings. The number of rotatable bonds is 2. The van der Waals surface area contributed by atoms with Gasteiger partial charge < -0.3 is 9.52 Å². The number of fused-ring (bicyclic) bond motifs is 1. The first-order valence-corrected chi connectivity index (χ1v) is 4.95. The summed E-state index contributed by atoms with van der Waals surface area (Å²) >= 11 is 0. The molecule has 0 radical (unpaired) electrons. The Morgan fingerprint density at radius 2 is 2.13 bits per heavy atom. The number of furan rings is 1. The summed E-state index contributed by atoms with van der Waals surface area (Å²) in [5, 5.41) is 10.7. The van der Waals surface area contributed by atoms with Crippen molar-refractivity contribution in [1.82, 2.24) is 0 Å². The highest BCUT2D eigenvalue weighted by molar-refractivity contribution is 5.78. The molecule has 0 bridgehead atoms. The Labute approximate surface area is 87.3 Å². The van der Waals surface area contributed by atoms with Gasteiger partial charge in [-0.25, -0.2) is 4.39 Å². The molecule has 1 N–H and O–H groups in total. The second-order valence-electron chi connectivity index (χ2n) is 3.92. The Hall–Kier alpha value is -1.35. The zero-order valence-corrected chi connectivity index (χ0v) is 8.75. The van der Waals surface area contributed by atoms with Gasteiger partial charge in [-0.15, -0.1) is 0 Å². The van der Waals surface area contributed by atoms with E-state index in [1.165, 1.54) is 12.1 Å². The summed E-state index contributed by atoms with van der Waals surface area (Å²) in [6.07, 6.45) is 0.551. The third-order valence-corrected chi connectivity index (χ3v) is 2.70. The van der Waals surface area contributed by atoms with E-state index in [1.54, 1.807) is 19.1 Å². The van der Waals surface area contributed by atoms with Crippen LogP contribution in [0.4, 0.5) is 4.39 Å². The zero-order valence-electron chi connectivity index (χ0n) is 8.75. The number of halogens is 1. The molecular formula is C12H13FO2. The lowest BCUT2D eigenvalue weighted by Gasteiger charge is -2.17. The molecule has 0 aliphatic carbocycles. The van der Waals surface area contributed by atoms with Crippen LogP contribution >= 0.6 is 0 Å². The fourth-order valence-corrected chi connectivity index (χ4v) is 1.45. The van der Waals surface area contributed by atoms with Gasteiger partial charge >= 0.3 is 0 Å². The average molecular weight is 208 g/mol. The maximum absolute atomic E-state index is 12.9. The van der Waals surface area contributed by atoms with E-state index in [-0.39, 0.29) is 5.82 Å². The number of hydrogen-bond acceptors (Lipinski definition) is 2. The molecule has 0 saturated heterocycles. The van der Waals surface area contributed by atoms with E-state index in [0.717, 1.165) is 0 Å². The lowest BCUT2D eigenvalue weighted by Crippen LogP contribution is -2.18. The molecule has 0 amide bonds. The van der Waals surface area contributed by atoms with Gasteiger partial charge in [-0.05, 0) is 37.6 Å². The topological polar surface area (TPSA) is 33.4 Å². The molecule has 0 aliphatic rings. The van der Waals surface area contributed by atoms with Crippen LogP contribution in [0.3, 0.4) is 0 Å². The monoisotopic (exact) mass is 208 g/mol. The van der Waals surface area contributed by atoms with Crippen molar-refractivity contribution in [3.63, 3.8) is 0 Å². The van der Waals surface area contributed by atoms with Crippen LogP contribution in [-0.4, -0.2) is 5.11 Å². The predicted octanol–water partition coefficient (Wildman–Crippen LogP) is 3.19. The minimum absolute atomic E-state index is 0.300. The van der Waals surface area contributed by atoms with E-state index >= 15 is 0 Å². The molecule has 1 unspecified atom stereocenters. The van der Waals surface area contributed by atoms with Crippen LogP contribution in [0.15, 0.2) is 28.7 Å². The van der Waals surface area contributed by atoms with Gasteiger partial charge in [0.1, 0.15) is 22.8 Å². The van der Waals surface area contributed by atoms with Crippen molar-refractivity contribution in [2.24, 2.45) is 0 Å². The Morgan fingerprint density at radius 3 is 2.80 bits per heavy atom. The van der Waals surface area contributed by atoms with Gasteiger partial charge in [0.25, 0.3) is 0 Å². The second-order valence-corrected chi connectivity index (χ2v) is 3.92. The highest BCUT2D eigenvalue weighted by Crippen LogP contribution is 2.30. The molecule has 1 aromatic carbocycles. The summed E-state index contributed by atoms with van der Waals surface area (Å²) in [5.41, 5.74) is -0.393. The fourth-order valence-electron chi connectivity index (χ4n) is 1.45. The highest BCUT2D eigenvalue weighted by atomic mass is 19.1. The minimum Gasteiger partial charge on any atom is -0.458 e. The summed E-state index contributed by atoms with van der Waals surface area (Å²) < 4.78 is 18.4. The van der Waals surface area contributed by atoms with E-state index in [2.05, 4.69) is 0 Å². The van der Waals surface area contributed by atoms with Crippen molar-refractivity contribution in [2.75, 3.05) is 0 Å². The lowest BCUT2D eigenvalue weighted by molar-refractivity contribution is 0.0318. The number of benzene rings is 1. The van der Waals surface area contributed by atoms with Gasteiger partial charge in [0.2, 0.25) is 0 Å². The molecule has 2 rings (SSSR count). The third-order valence-electron chi connectivity index (χ3n) is 2.70. The standard InChI is InChI=1S/C12H13FO2/c1-3-12(2,14)11-7-8-6-9(13)4-5-10(8)15-11/h4-7,14H,3H2,1-2H3. The number of aliphatic hydroxyl groups is 1. The van der Waals surface area contributed by atoms with Crippen molar-refractivity contribution in [1.29, 1.82) is 0 Å². The summed E-state index contributed by atoms with van der Waals surface area (Å²) in [4.78, 5) is 0. The van der Waals surface area contributed by atoms with Gasteiger partial charge in [0, 0.05) is 5.39 Å². The Kier molecular flexibility index (Phi) is 2.27. The predicted molar refractivity (Wildman–Crippen MR) is 56.0 cm³/mol. The summed E-state index contributed by atoms with van der Waals surface area (Å²) in [6.45, 7) is 3.55. The molecule has 1 heterocycles. The lowest BCUT2D eigenvalue weighted by atomic mass is 10.0. The number of hydrogen-bond donors (Lipinski definition) is 1. The Morgan fingerprint density at radius 1 is 1.40 bits per heavy atom.